The molecule has 2 aromatic rings. The first-order valence-electron chi connectivity index (χ1n) is 7.06. The Morgan fingerprint density at radius 3 is 2.52 bits per heavy atom. The lowest BCUT2D eigenvalue weighted by atomic mass is 10.2. The van der Waals surface area contributed by atoms with E-state index in [-0.39, 0.29) is 5.91 Å². The fraction of sp³-hybridized carbons (Fsp3) is 0.235. The molecule has 0 aliphatic carbocycles. The van der Waals surface area contributed by atoms with Crippen LogP contribution in [0.15, 0.2) is 54.6 Å². The van der Waals surface area contributed by atoms with Gasteiger partial charge in [-0.15, -0.1) is 0 Å². The number of carbonyl (C=O) groups excluding carboxylic acids is 1. The fourth-order valence-corrected chi connectivity index (χ4v) is 1.91. The highest BCUT2D eigenvalue weighted by atomic mass is 16.5. The molecule has 2 aromatic carbocycles. The molecule has 0 bridgehead atoms. The Kier molecular flexibility index (Phi) is 5.64. The molecule has 0 aliphatic rings. The molecule has 0 radical (unpaired) electrons. The Morgan fingerprint density at radius 2 is 1.76 bits per heavy atom. The van der Waals surface area contributed by atoms with Crippen molar-refractivity contribution in [3.8, 4) is 11.5 Å². The molecule has 0 saturated heterocycles. The molecule has 2 rings (SSSR count). The molecule has 0 fully saturated rings. The number of ether oxygens (including phenoxy) is 1. The molecule has 0 heterocycles. The maximum absolute atomic E-state index is 11.2. The lowest BCUT2D eigenvalue weighted by Gasteiger charge is -2.12. The summed E-state index contributed by atoms with van der Waals surface area (Å²) in [6.45, 7) is 0.725. The maximum atomic E-state index is 11.2. The number of hydrogen-bond donors (Lipinski definition) is 2. The van der Waals surface area contributed by atoms with Gasteiger partial charge in [0.15, 0.2) is 5.75 Å². The van der Waals surface area contributed by atoms with Gasteiger partial charge in [0, 0.05) is 20.0 Å². The van der Waals surface area contributed by atoms with Crippen LogP contribution >= 0.6 is 0 Å². The summed E-state index contributed by atoms with van der Waals surface area (Å²) in [5, 5.41) is 5.92. The van der Waals surface area contributed by atoms with Crippen LogP contribution in [-0.4, -0.2) is 19.5 Å². The molecule has 0 saturated carbocycles. The summed E-state index contributed by atoms with van der Waals surface area (Å²) >= 11 is 0. The highest BCUT2D eigenvalue weighted by Gasteiger charge is 2.04. The lowest BCUT2D eigenvalue weighted by molar-refractivity contribution is -0.120. The molecule has 4 nitrogen and oxygen atoms in total. The average Bonchev–Trinajstić information content (AvgIpc) is 2.53. The van der Waals surface area contributed by atoms with Crippen molar-refractivity contribution in [1.29, 1.82) is 0 Å². The van der Waals surface area contributed by atoms with Gasteiger partial charge in [0.25, 0.3) is 0 Å². The van der Waals surface area contributed by atoms with Gasteiger partial charge in [0.05, 0.1) is 5.69 Å². The molecular weight excluding hydrogens is 264 g/mol. The van der Waals surface area contributed by atoms with Crippen LogP contribution in [0.3, 0.4) is 0 Å². The first-order valence-corrected chi connectivity index (χ1v) is 7.06. The van der Waals surface area contributed by atoms with Crippen molar-refractivity contribution in [2.45, 2.75) is 12.8 Å². The van der Waals surface area contributed by atoms with Crippen molar-refractivity contribution in [1.82, 2.24) is 5.32 Å². The summed E-state index contributed by atoms with van der Waals surface area (Å²) in [6.07, 6.45) is 1.30. The van der Waals surface area contributed by atoms with Crippen LogP contribution in [0, 0.1) is 0 Å². The van der Waals surface area contributed by atoms with Crippen LogP contribution in [-0.2, 0) is 4.79 Å². The minimum Gasteiger partial charge on any atom is -0.455 e. The van der Waals surface area contributed by atoms with E-state index in [1.807, 2.05) is 54.6 Å². The minimum absolute atomic E-state index is 0.0608. The van der Waals surface area contributed by atoms with E-state index in [4.69, 9.17) is 4.74 Å². The third-order valence-electron chi connectivity index (χ3n) is 3.03. The molecule has 0 unspecified atom stereocenters. The molecule has 0 atom stereocenters. The van der Waals surface area contributed by atoms with E-state index in [0.717, 1.165) is 30.2 Å². The van der Waals surface area contributed by atoms with E-state index in [9.17, 15) is 4.79 Å². The van der Waals surface area contributed by atoms with Gasteiger partial charge in [0.2, 0.25) is 5.91 Å². The molecule has 110 valence electrons. The summed E-state index contributed by atoms with van der Waals surface area (Å²) in [5.74, 6) is 1.64. The minimum atomic E-state index is 0.0608. The Hall–Kier alpha value is -2.49. The van der Waals surface area contributed by atoms with Crippen LogP contribution in [0.2, 0.25) is 0 Å². The standard InChI is InChI=1S/C17H20N2O2/c1-18-17(20)12-7-13-19-15-10-5-6-11-16(15)21-14-8-3-2-4-9-14/h2-6,8-11,19H,7,12-13H2,1H3,(H,18,20). The second-order valence-electron chi connectivity index (χ2n) is 4.61. The Balaban J connectivity index is 1.92. The van der Waals surface area contributed by atoms with E-state index in [0.29, 0.717) is 6.42 Å². The third kappa shape index (κ3) is 4.84. The van der Waals surface area contributed by atoms with Crippen molar-refractivity contribution in [3.63, 3.8) is 0 Å². The zero-order valence-electron chi connectivity index (χ0n) is 12.1. The molecule has 1 amide bonds. The number of rotatable bonds is 7. The molecule has 21 heavy (non-hydrogen) atoms. The van der Waals surface area contributed by atoms with Gasteiger partial charge < -0.3 is 15.4 Å². The fourth-order valence-electron chi connectivity index (χ4n) is 1.91. The predicted octanol–water partition coefficient (Wildman–Crippen LogP) is 3.42. The normalized spacial score (nSPS) is 9.95. The first kappa shape index (κ1) is 14.9. The summed E-state index contributed by atoms with van der Waals surface area (Å²) in [6, 6.07) is 17.5. The van der Waals surface area contributed by atoms with Crippen molar-refractivity contribution in [2.24, 2.45) is 0 Å². The summed E-state index contributed by atoms with van der Waals surface area (Å²) in [5.41, 5.74) is 0.929. The van der Waals surface area contributed by atoms with Gasteiger partial charge in [0.1, 0.15) is 5.75 Å². The van der Waals surface area contributed by atoms with E-state index >= 15 is 0 Å². The van der Waals surface area contributed by atoms with E-state index in [1.54, 1.807) is 7.05 Å². The number of para-hydroxylation sites is 3. The number of carbonyl (C=O) groups is 1. The predicted molar refractivity (Wildman–Crippen MR) is 84.7 cm³/mol. The number of benzene rings is 2. The van der Waals surface area contributed by atoms with Crippen LogP contribution in [0.25, 0.3) is 0 Å². The molecule has 0 aliphatic heterocycles. The van der Waals surface area contributed by atoms with Crippen molar-refractivity contribution >= 4 is 11.6 Å². The zero-order chi connectivity index (χ0) is 14.9. The zero-order valence-corrected chi connectivity index (χ0v) is 12.1. The van der Waals surface area contributed by atoms with Crippen molar-refractivity contribution in [3.05, 3.63) is 54.6 Å². The number of nitrogens with one attached hydrogen (secondary N) is 2. The van der Waals surface area contributed by atoms with Crippen molar-refractivity contribution < 1.29 is 9.53 Å². The summed E-state index contributed by atoms with van der Waals surface area (Å²) < 4.78 is 5.87. The van der Waals surface area contributed by atoms with Gasteiger partial charge in [-0.3, -0.25) is 4.79 Å². The third-order valence-corrected chi connectivity index (χ3v) is 3.03. The van der Waals surface area contributed by atoms with Gasteiger partial charge in [-0.25, -0.2) is 0 Å². The smallest absolute Gasteiger partial charge is 0.219 e. The van der Waals surface area contributed by atoms with Crippen LogP contribution in [0.5, 0.6) is 11.5 Å². The Morgan fingerprint density at radius 1 is 1.05 bits per heavy atom. The Bertz CT molecular complexity index is 570. The quantitative estimate of drug-likeness (QED) is 0.766. The molecule has 4 heteroatoms. The second kappa shape index (κ2) is 7.94. The molecule has 0 aromatic heterocycles. The highest BCUT2D eigenvalue weighted by Crippen LogP contribution is 2.28. The van der Waals surface area contributed by atoms with Crippen molar-refractivity contribution in [2.75, 3.05) is 18.9 Å². The van der Waals surface area contributed by atoms with E-state index in [1.165, 1.54) is 0 Å². The van der Waals surface area contributed by atoms with Gasteiger partial charge >= 0.3 is 0 Å². The van der Waals surface area contributed by atoms with E-state index in [2.05, 4.69) is 10.6 Å². The first-order chi connectivity index (χ1) is 10.3. The van der Waals surface area contributed by atoms with Gasteiger partial charge in [-0.1, -0.05) is 30.3 Å². The largest absolute Gasteiger partial charge is 0.455 e. The second-order valence-corrected chi connectivity index (χ2v) is 4.61. The Labute approximate surface area is 125 Å². The molecule has 0 spiro atoms. The van der Waals surface area contributed by atoms with Gasteiger partial charge in [-0.2, -0.15) is 0 Å². The van der Waals surface area contributed by atoms with Gasteiger partial charge in [-0.05, 0) is 30.7 Å². The number of anilines is 1. The summed E-state index contributed by atoms with van der Waals surface area (Å²) in [4.78, 5) is 11.2. The molecule has 2 N–H and O–H groups in total. The van der Waals surface area contributed by atoms with Crippen LogP contribution in [0.1, 0.15) is 12.8 Å². The SMILES string of the molecule is CNC(=O)CCCNc1ccccc1Oc1ccccc1. The summed E-state index contributed by atoms with van der Waals surface area (Å²) in [7, 11) is 1.65. The maximum Gasteiger partial charge on any atom is 0.219 e. The van der Waals surface area contributed by atoms with Crippen LogP contribution in [0.4, 0.5) is 5.69 Å². The number of hydrogen-bond acceptors (Lipinski definition) is 3. The molecular formula is C17H20N2O2. The topological polar surface area (TPSA) is 50.4 Å². The number of amides is 1. The highest BCUT2D eigenvalue weighted by molar-refractivity contribution is 5.75. The van der Waals surface area contributed by atoms with E-state index < -0.39 is 0 Å². The average molecular weight is 284 g/mol. The lowest BCUT2D eigenvalue weighted by Crippen LogP contribution is -2.18. The van der Waals surface area contributed by atoms with Crippen LogP contribution < -0.4 is 15.4 Å². The monoisotopic (exact) mass is 284 g/mol.